The van der Waals surface area contributed by atoms with Crippen LogP contribution in [0.1, 0.15) is 20.8 Å². The summed E-state index contributed by atoms with van der Waals surface area (Å²) in [5.41, 5.74) is 5.74. The molecule has 0 radical (unpaired) electrons. The van der Waals surface area contributed by atoms with Crippen LogP contribution in [-0.2, 0) is 15.6 Å². The predicted octanol–water partition coefficient (Wildman–Crippen LogP) is 1.89. The maximum atomic E-state index is 12.9. The molecule has 0 saturated heterocycles. The van der Waals surface area contributed by atoms with E-state index in [1.165, 1.54) is 18.2 Å². The van der Waals surface area contributed by atoms with Crippen LogP contribution in [-0.4, -0.2) is 20.6 Å². The van der Waals surface area contributed by atoms with Gasteiger partial charge in [0.05, 0.1) is 5.69 Å². The van der Waals surface area contributed by atoms with Crippen LogP contribution >= 0.6 is 0 Å². The molecular weight excluding hydrogens is 255 g/mol. The molecule has 0 aliphatic rings. The normalized spacial score (nSPS) is 13.1. The molecule has 0 aliphatic heterocycles. The van der Waals surface area contributed by atoms with Crippen LogP contribution in [0.15, 0.2) is 18.2 Å². The lowest BCUT2D eigenvalue weighted by atomic mass is 10.2. The van der Waals surface area contributed by atoms with Crippen LogP contribution in [0.4, 0.5) is 15.8 Å². The maximum Gasteiger partial charge on any atom is 0.237 e. The third-order valence-electron chi connectivity index (χ3n) is 2.22. The smallest absolute Gasteiger partial charge is 0.237 e. The Morgan fingerprint density at radius 1 is 1.44 bits per heavy atom. The van der Waals surface area contributed by atoms with E-state index in [1.807, 2.05) is 0 Å². The third-order valence-corrected chi connectivity index (χ3v) is 4.12. The number of hydrogen-bond acceptors (Lipinski definition) is 3. The zero-order chi connectivity index (χ0) is 13.9. The lowest BCUT2D eigenvalue weighted by Gasteiger charge is -2.17. The molecule has 1 unspecified atom stereocenters. The Hall–Kier alpha value is -1.43. The van der Waals surface area contributed by atoms with E-state index in [0.29, 0.717) is 5.69 Å². The summed E-state index contributed by atoms with van der Waals surface area (Å²) in [7, 11) is -1.27. The Morgan fingerprint density at radius 3 is 2.56 bits per heavy atom. The molecule has 0 fully saturated rings. The number of amides is 1. The van der Waals surface area contributed by atoms with Crippen LogP contribution in [0.25, 0.3) is 0 Å². The number of carbonyl (C=O) groups is 1. The number of halogens is 1. The van der Waals surface area contributed by atoms with Crippen molar-refractivity contribution in [3.8, 4) is 0 Å². The number of hydrogen-bond donors (Lipinski definition) is 2. The molecule has 1 aromatic rings. The van der Waals surface area contributed by atoms with Gasteiger partial charge < -0.3 is 11.1 Å². The third kappa shape index (κ3) is 4.10. The summed E-state index contributed by atoms with van der Waals surface area (Å²) in [6.45, 7) is 5.39. The number of benzene rings is 1. The lowest BCUT2D eigenvalue weighted by molar-refractivity contribution is -0.113. The van der Waals surface area contributed by atoms with Gasteiger partial charge in [-0.15, -0.1) is 0 Å². The SMILES string of the molecule is CC(C)(C)S(=O)CC(=O)Nc1ccc(F)c(N)c1. The van der Waals surface area contributed by atoms with E-state index < -0.39 is 21.4 Å². The van der Waals surface area contributed by atoms with Gasteiger partial charge in [-0.1, -0.05) is 0 Å². The van der Waals surface area contributed by atoms with E-state index >= 15 is 0 Å². The van der Waals surface area contributed by atoms with E-state index in [4.69, 9.17) is 5.73 Å². The minimum Gasteiger partial charge on any atom is -0.396 e. The van der Waals surface area contributed by atoms with E-state index in [9.17, 15) is 13.4 Å². The second-order valence-corrected chi connectivity index (χ2v) is 7.09. The zero-order valence-electron chi connectivity index (χ0n) is 10.6. The second-order valence-electron chi connectivity index (χ2n) is 4.89. The number of nitrogen functional groups attached to an aromatic ring is 1. The summed E-state index contributed by atoms with van der Waals surface area (Å²) in [4.78, 5) is 11.6. The molecule has 3 N–H and O–H groups in total. The molecule has 100 valence electrons. The molecule has 1 amide bonds. The van der Waals surface area contributed by atoms with Crippen molar-refractivity contribution in [2.75, 3.05) is 16.8 Å². The van der Waals surface area contributed by atoms with E-state index in [2.05, 4.69) is 5.32 Å². The summed E-state index contributed by atoms with van der Waals surface area (Å²) in [5.74, 6) is -1.01. The van der Waals surface area contributed by atoms with Crippen LogP contribution in [0.2, 0.25) is 0 Å². The van der Waals surface area contributed by atoms with Crippen LogP contribution in [0.3, 0.4) is 0 Å². The van der Waals surface area contributed by atoms with Gasteiger partial charge in [-0.25, -0.2) is 4.39 Å². The molecule has 6 heteroatoms. The quantitative estimate of drug-likeness (QED) is 0.825. The minimum atomic E-state index is -1.27. The van der Waals surface area contributed by atoms with Crippen molar-refractivity contribution < 1.29 is 13.4 Å². The molecule has 0 bridgehead atoms. The first-order chi connectivity index (χ1) is 8.20. The molecular formula is C12H17FN2O2S. The lowest BCUT2D eigenvalue weighted by Crippen LogP contribution is -2.30. The molecule has 0 heterocycles. The molecule has 18 heavy (non-hydrogen) atoms. The first-order valence-corrected chi connectivity index (χ1v) is 6.75. The van der Waals surface area contributed by atoms with Gasteiger partial charge in [0.25, 0.3) is 0 Å². The summed E-state index contributed by atoms with van der Waals surface area (Å²) >= 11 is 0. The van der Waals surface area contributed by atoms with Gasteiger partial charge in [-0.3, -0.25) is 9.00 Å². The van der Waals surface area contributed by atoms with Crippen molar-refractivity contribution in [3.05, 3.63) is 24.0 Å². The Kier molecular flexibility index (Phi) is 4.45. The highest BCUT2D eigenvalue weighted by atomic mass is 32.2. The van der Waals surface area contributed by atoms with Gasteiger partial charge in [-0.2, -0.15) is 0 Å². The Labute approximate surface area is 108 Å². The fraction of sp³-hybridized carbons (Fsp3) is 0.417. The minimum absolute atomic E-state index is 0.0373. The van der Waals surface area contributed by atoms with Crippen LogP contribution < -0.4 is 11.1 Å². The number of carbonyl (C=O) groups excluding carboxylic acids is 1. The van der Waals surface area contributed by atoms with Crippen molar-refractivity contribution in [2.45, 2.75) is 25.5 Å². The Bertz CT molecular complexity index is 483. The largest absolute Gasteiger partial charge is 0.396 e. The summed E-state index contributed by atoms with van der Waals surface area (Å²) in [6.07, 6.45) is 0. The van der Waals surface area contributed by atoms with Crippen molar-refractivity contribution in [2.24, 2.45) is 0 Å². The number of rotatable bonds is 3. The highest BCUT2D eigenvalue weighted by Gasteiger charge is 2.22. The monoisotopic (exact) mass is 272 g/mol. The van der Waals surface area contributed by atoms with Gasteiger partial charge in [0.15, 0.2) is 0 Å². The molecule has 1 aromatic carbocycles. The maximum absolute atomic E-state index is 12.9. The van der Waals surface area contributed by atoms with Gasteiger partial charge >= 0.3 is 0 Å². The average Bonchev–Trinajstić information content (AvgIpc) is 2.22. The molecule has 0 aromatic heterocycles. The number of nitrogens with one attached hydrogen (secondary N) is 1. The predicted molar refractivity (Wildman–Crippen MR) is 72.2 cm³/mol. The summed E-state index contributed by atoms with van der Waals surface area (Å²) in [6, 6.07) is 3.91. The Morgan fingerprint density at radius 2 is 2.06 bits per heavy atom. The first kappa shape index (κ1) is 14.6. The van der Waals surface area contributed by atoms with Gasteiger partial charge in [0.2, 0.25) is 5.91 Å². The highest BCUT2D eigenvalue weighted by Crippen LogP contribution is 2.17. The molecule has 1 atom stereocenters. The van der Waals surface area contributed by atoms with E-state index in [-0.39, 0.29) is 17.3 Å². The summed E-state index contributed by atoms with van der Waals surface area (Å²) in [5, 5.41) is 2.53. The van der Waals surface area contributed by atoms with E-state index in [1.54, 1.807) is 20.8 Å². The van der Waals surface area contributed by atoms with Crippen LogP contribution in [0, 0.1) is 5.82 Å². The topological polar surface area (TPSA) is 72.2 Å². The highest BCUT2D eigenvalue weighted by molar-refractivity contribution is 7.87. The second kappa shape index (κ2) is 5.48. The van der Waals surface area contributed by atoms with Crippen molar-refractivity contribution in [1.29, 1.82) is 0 Å². The standard InChI is InChI=1S/C12H17FN2O2S/c1-12(2,3)18(17)7-11(16)15-8-4-5-9(13)10(14)6-8/h4-6H,7,14H2,1-3H3,(H,15,16). The molecule has 0 aliphatic carbocycles. The average molecular weight is 272 g/mol. The zero-order valence-corrected chi connectivity index (χ0v) is 11.4. The molecule has 0 spiro atoms. The molecule has 1 rings (SSSR count). The van der Waals surface area contributed by atoms with E-state index in [0.717, 1.165) is 0 Å². The van der Waals surface area contributed by atoms with Crippen molar-refractivity contribution in [1.82, 2.24) is 0 Å². The van der Waals surface area contributed by atoms with Gasteiger partial charge in [-0.05, 0) is 39.0 Å². The Balaban J connectivity index is 2.65. The van der Waals surface area contributed by atoms with Crippen molar-refractivity contribution >= 4 is 28.1 Å². The van der Waals surface area contributed by atoms with Crippen molar-refractivity contribution in [3.63, 3.8) is 0 Å². The van der Waals surface area contributed by atoms with Crippen LogP contribution in [0.5, 0.6) is 0 Å². The van der Waals surface area contributed by atoms with Gasteiger partial charge in [0.1, 0.15) is 11.6 Å². The first-order valence-electron chi connectivity index (χ1n) is 5.43. The van der Waals surface area contributed by atoms with Gasteiger partial charge in [0, 0.05) is 21.2 Å². The molecule has 0 saturated carbocycles. The summed E-state index contributed by atoms with van der Waals surface area (Å²) < 4.78 is 24.2. The fourth-order valence-electron chi connectivity index (χ4n) is 1.15. The molecule has 4 nitrogen and oxygen atoms in total. The fourth-order valence-corrected chi connectivity index (χ4v) is 1.90. The number of anilines is 2. The number of nitrogens with two attached hydrogens (primary N) is 1.